The predicted octanol–water partition coefficient (Wildman–Crippen LogP) is 4.86. The van der Waals surface area contributed by atoms with E-state index in [2.05, 4.69) is 0 Å². The Morgan fingerprint density at radius 1 is 0.513 bits per heavy atom. The van der Waals surface area contributed by atoms with Crippen LogP contribution in [0.2, 0.25) is 0 Å². The topological polar surface area (TPSA) is 127 Å². The van der Waals surface area contributed by atoms with Crippen molar-refractivity contribution in [3.63, 3.8) is 0 Å². The Balaban J connectivity index is 1.54. The van der Waals surface area contributed by atoms with Crippen molar-refractivity contribution < 1.29 is 38.9 Å². The number of benzene rings is 4. The molecule has 0 amide bonds. The molecule has 0 heterocycles. The number of carboxylic acids is 2. The molecule has 0 unspecified atom stereocenters. The zero-order valence-corrected chi connectivity index (χ0v) is 20.7. The van der Waals surface area contributed by atoms with Crippen molar-refractivity contribution in [3.05, 3.63) is 143 Å². The second kappa shape index (κ2) is 11.9. The van der Waals surface area contributed by atoms with Gasteiger partial charge in [0.1, 0.15) is 13.2 Å². The van der Waals surface area contributed by atoms with E-state index in [1.807, 2.05) is 36.4 Å². The van der Waals surface area contributed by atoms with Gasteiger partial charge in [0.2, 0.25) is 5.41 Å². The first-order valence-corrected chi connectivity index (χ1v) is 11.9. The summed E-state index contributed by atoms with van der Waals surface area (Å²) in [7, 11) is 0. The van der Waals surface area contributed by atoms with Crippen LogP contribution in [0.5, 0.6) is 0 Å². The zero-order chi connectivity index (χ0) is 27.8. The first-order valence-electron chi connectivity index (χ1n) is 11.9. The molecule has 4 rings (SSSR count). The van der Waals surface area contributed by atoms with Gasteiger partial charge in [-0.05, 0) is 46.5 Å². The van der Waals surface area contributed by atoms with Gasteiger partial charge in [0.15, 0.2) is 0 Å². The number of hydrogen-bond acceptors (Lipinski definition) is 6. The summed E-state index contributed by atoms with van der Waals surface area (Å²) in [5.41, 5.74) is -0.787. The van der Waals surface area contributed by atoms with E-state index >= 15 is 0 Å². The van der Waals surface area contributed by atoms with Crippen LogP contribution in [0.1, 0.15) is 43.0 Å². The van der Waals surface area contributed by atoms with Gasteiger partial charge in [-0.1, -0.05) is 84.9 Å². The molecule has 0 spiro atoms. The summed E-state index contributed by atoms with van der Waals surface area (Å²) in [6.45, 7) is 0.103. The molecule has 0 aromatic heterocycles. The average molecular weight is 525 g/mol. The monoisotopic (exact) mass is 524 g/mol. The maximum Gasteiger partial charge on any atom is 0.338 e. The Bertz CT molecular complexity index is 1350. The van der Waals surface area contributed by atoms with E-state index in [-0.39, 0.29) is 35.5 Å². The van der Waals surface area contributed by atoms with E-state index in [1.165, 1.54) is 48.5 Å². The number of rotatable bonds is 10. The molecule has 39 heavy (non-hydrogen) atoms. The van der Waals surface area contributed by atoms with Crippen LogP contribution in [0.15, 0.2) is 109 Å². The quantitative estimate of drug-likeness (QED) is 0.223. The van der Waals surface area contributed by atoms with E-state index < -0.39 is 29.3 Å². The molecule has 8 nitrogen and oxygen atoms in total. The number of carbonyl (C=O) groups excluding carboxylic acids is 2. The molecular formula is C31H24O8. The summed E-state index contributed by atoms with van der Waals surface area (Å²) in [6.07, 6.45) is 0. The standard InChI is InChI=1S/C31H24O8/c32-27(38-19-21-7-3-1-4-8-21)23-11-15-25(16-12-23)31(29(34)35,30(36)37)26-17-13-24(14-18-26)28(33)39-20-22-9-5-2-6-10-22/h1-18H,19-20H2,(H,34,35)(H,36,37). The molecule has 4 aromatic carbocycles. The van der Waals surface area contributed by atoms with Crippen LogP contribution in [-0.4, -0.2) is 34.1 Å². The van der Waals surface area contributed by atoms with Gasteiger partial charge in [0.05, 0.1) is 11.1 Å². The molecule has 0 saturated heterocycles. The summed E-state index contributed by atoms with van der Waals surface area (Å²) in [5.74, 6) is -4.54. The molecule has 196 valence electrons. The van der Waals surface area contributed by atoms with Crippen molar-refractivity contribution in [3.8, 4) is 0 Å². The molecular weight excluding hydrogens is 500 g/mol. The lowest BCUT2D eigenvalue weighted by atomic mass is 9.74. The maximum atomic E-state index is 12.5. The van der Waals surface area contributed by atoms with E-state index in [4.69, 9.17) is 9.47 Å². The smallest absolute Gasteiger partial charge is 0.338 e. The molecule has 0 aliphatic heterocycles. The molecule has 0 fully saturated rings. The number of carbonyl (C=O) groups is 4. The van der Waals surface area contributed by atoms with Gasteiger partial charge >= 0.3 is 23.9 Å². The number of esters is 2. The minimum Gasteiger partial charge on any atom is -0.480 e. The predicted molar refractivity (Wildman–Crippen MR) is 140 cm³/mol. The Morgan fingerprint density at radius 3 is 1.15 bits per heavy atom. The number of ether oxygens (including phenoxy) is 2. The van der Waals surface area contributed by atoms with Gasteiger partial charge in [-0.3, -0.25) is 9.59 Å². The van der Waals surface area contributed by atoms with Gasteiger partial charge in [-0.15, -0.1) is 0 Å². The van der Waals surface area contributed by atoms with Crippen LogP contribution in [-0.2, 0) is 37.7 Å². The van der Waals surface area contributed by atoms with E-state index in [9.17, 15) is 29.4 Å². The summed E-state index contributed by atoms with van der Waals surface area (Å²) in [4.78, 5) is 49.8. The molecule has 4 aromatic rings. The van der Waals surface area contributed by atoms with E-state index in [1.54, 1.807) is 24.3 Å². The lowest BCUT2D eigenvalue weighted by Crippen LogP contribution is -2.45. The minimum atomic E-state index is -2.49. The van der Waals surface area contributed by atoms with Gasteiger partial charge in [0.25, 0.3) is 0 Å². The van der Waals surface area contributed by atoms with Crippen molar-refractivity contribution in [2.24, 2.45) is 0 Å². The summed E-state index contributed by atoms with van der Waals surface area (Å²) in [6, 6.07) is 28.5. The average Bonchev–Trinajstić information content (AvgIpc) is 2.96. The molecule has 0 radical (unpaired) electrons. The van der Waals surface area contributed by atoms with Gasteiger partial charge < -0.3 is 19.7 Å². The Labute approximate surface area is 224 Å². The van der Waals surface area contributed by atoms with Gasteiger partial charge in [-0.2, -0.15) is 0 Å². The Hall–Kier alpha value is -5.24. The first kappa shape index (κ1) is 26.8. The van der Waals surface area contributed by atoms with Crippen LogP contribution >= 0.6 is 0 Å². The second-order valence-corrected chi connectivity index (χ2v) is 8.64. The van der Waals surface area contributed by atoms with E-state index in [0.29, 0.717) is 0 Å². The molecule has 8 heteroatoms. The third-order valence-corrected chi connectivity index (χ3v) is 6.17. The van der Waals surface area contributed by atoms with Crippen LogP contribution in [0.3, 0.4) is 0 Å². The molecule has 0 aliphatic carbocycles. The van der Waals surface area contributed by atoms with Crippen LogP contribution in [0.25, 0.3) is 0 Å². The third kappa shape index (κ3) is 5.86. The molecule has 0 bridgehead atoms. The molecule has 2 N–H and O–H groups in total. The Kier molecular flexibility index (Phi) is 8.16. The minimum absolute atomic E-state index is 0.0513. The summed E-state index contributed by atoms with van der Waals surface area (Å²) >= 11 is 0. The highest BCUT2D eigenvalue weighted by atomic mass is 16.5. The van der Waals surface area contributed by atoms with Crippen molar-refractivity contribution in [1.29, 1.82) is 0 Å². The number of aliphatic carboxylic acids is 2. The van der Waals surface area contributed by atoms with E-state index in [0.717, 1.165) is 11.1 Å². The fourth-order valence-electron chi connectivity index (χ4n) is 4.08. The second-order valence-electron chi connectivity index (χ2n) is 8.64. The third-order valence-electron chi connectivity index (χ3n) is 6.17. The Morgan fingerprint density at radius 2 is 0.846 bits per heavy atom. The lowest BCUT2D eigenvalue weighted by molar-refractivity contribution is -0.155. The zero-order valence-electron chi connectivity index (χ0n) is 20.7. The van der Waals surface area contributed by atoms with Crippen molar-refractivity contribution in [2.45, 2.75) is 18.6 Å². The highest BCUT2D eigenvalue weighted by molar-refractivity contribution is 6.09. The number of hydrogen-bond donors (Lipinski definition) is 2. The molecule has 0 aliphatic rings. The normalized spacial score (nSPS) is 10.9. The lowest BCUT2D eigenvalue weighted by Gasteiger charge is -2.26. The molecule has 0 saturated carbocycles. The van der Waals surface area contributed by atoms with Crippen molar-refractivity contribution in [2.75, 3.05) is 0 Å². The van der Waals surface area contributed by atoms with Crippen molar-refractivity contribution in [1.82, 2.24) is 0 Å². The van der Waals surface area contributed by atoms with Crippen LogP contribution in [0.4, 0.5) is 0 Å². The first-order chi connectivity index (χ1) is 18.8. The van der Waals surface area contributed by atoms with Crippen LogP contribution in [0, 0.1) is 0 Å². The van der Waals surface area contributed by atoms with Crippen molar-refractivity contribution >= 4 is 23.9 Å². The SMILES string of the molecule is O=C(OCc1ccccc1)c1ccc(C(C(=O)O)(C(=O)O)c2ccc(C(=O)OCc3ccccc3)cc2)cc1. The summed E-state index contributed by atoms with van der Waals surface area (Å²) < 4.78 is 10.6. The highest BCUT2D eigenvalue weighted by Gasteiger charge is 2.50. The summed E-state index contributed by atoms with van der Waals surface area (Å²) in [5, 5.41) is 20.2. The molecule has 0 atom stereocenters. The fraction of sp³-hybridized carbons (Fsp3) is 0.0968. The maximum absolute atomic E-state index is 12.5. The number of carboxylic acid groups (broad SMARTS) is 2. The fourth-order valence-corrected chi connectivity index (χ4v) is 4.08. The van der Waals surface area contributed by atoms with Gasteiger partial charge in [-0.25, -0.2) is 9.59 Å². The van der Waals surface area contributed by atoms with Gasteiger partial charge in [0, 0.05) is 0 Å². The largest absolute Gasteiger partial charge is 0.480 e. The van der Waals surface area contributed by atoms with Crippen LogP contribution < -0.4 is 0 Å². The highest BCUT2D eigenvalue weighted by Crippen LogP contribution is 2.34.